The molecule has 0 atom stereocenters. The topological polar surface area (TPSA) is 39.7 Å². The Morgan fingerprint density at radius 2 is 2.04 bits per heavy atom. The summed E-state index contributed by atoms with van der Waals surface area (Å²) in [5.41, 5.74) is 2.63. The maximum absolute atomic E-state index is 4.32. The van der Waals surface area contributed by atoms with Gasteiger partial charge < -0.3 is 15.5 Å². The maximum Gasteiger partial charge on any atom is 0.191 e. The van der Waals surface area contributed by atoms with Crippen molar-refractivity contribution in [3.8, 4) is 0 Å². The normalized spacial score (nSPS) is 15.9. The summed E-state index contributed by atoms with van der Waals surface area (Å²) in [5, 5.41) is 6.84. The summed E-state index contributed by atoms with van der Waals surface area (Å²) < 4.78 is 0. The number of hydrogen-bond acceptors (Lipinski definition) is 3. The van der Waals surface area contributed by atoms with Crippen molar-refractivity contribution in [3.63, 3.8) is 0 Å². The zero-order chi connectivity index (χ0) is 16.5. The zero-order valence-electron chi connectivity index (χ0n) is 14.7. The van der Waals surface area contributed by atoms with E-state index in [1.807, 2.05) is 7.05 Å². The molecule has 1 aromatic carbocycles. The van der Waals surface area contributed by atoms with Gasteiger partial charge in [0, 0.05) is 25.0 Å². The number of nitrogens with zero attached hydrogens (tertiary/aromatic N) is 2. The van der Waals surface area contributed by atoms with E-state index in [0.717, 1.165) is 19.0 Å². The van der Waals surface area contributed by atoms with Crippen LogP contribution in [0.1, 0.15) is 30.4 Å². The van der Waals surface area contributed by atoms with Crippen molar-refractivity contribution in [1.82, 2.24) is 15.5 Å². The lowest BCUT2D eigenvalue weighted by atomic mass is 10.1. The molecule has 0 bridgehead atoms. The molecule has 1 aliphatic heterocycles. The van der Waals surface area contributed by atoms with E-state index >= 15 is 0 Å². The molecule has 5 heteroatoms. The van der Waals surface area contributed by atoms with Crippen LogP contribution in [0.2, 0.25) is 0 Å². The van der Waals surface area contributed by atoms with E-state index in [0.29, 0.717) is 0 Å². The highest BCUT2D eigenvalue weighted by Gasteiger charge is 2.10. The number of hydrogen-bond donors (Lipinski definition) is 2. The quantitative estimate of drug-likeness (QED) is 0.348. The number of rotatable bonds is 7. The number of benzene rings is 1. The van der Waals surface area contributed by atoms with Crippen LogP contribution in [-0.4, -0.2) is 50.3 Å². The van der Waals surface area contributed by atoms with Crippen LogP contribution in [-0.2, 0) is 6.54 Å². The minimum absolute atomic E-state index is 0.808. The molecule has 128 valence electrons. The first-order chi connectivity index (χ1) is 11.2. The minimum atomic E-state index is 0.808. The number of thioether (sulfide) groups is 1. The molecule has 1 aromatic rings. The molecule has 1 heterocycles. The van der Waals surface area contributed by atoms with Crippen molar-refractivity contribution in [2.75, 3.05) is 39.5 Å². The Labute approximate surface area is 145 Å². The van der Waals surface area contributed by atoms with Crippen LogP contribution in [0.5, 0.6) is 0 Å². The van der Waals surface area contributed by atoms with Crippen molar-refractivity contribution >= 4 is 17.7 Å². The first-order valence-corrected chi connectivity index (χ1v) is 9.76. The largest absolute Gasteiger partial charge is 0.356 e. The molecule has 23 heavy (non-hydrogen) atoms. The predicted octanol–water partition coefficient (Wildman–Crippen LogP) is 2.87. The Morgan fingerprint density at radius 3 is 2.74 bits per heavy atom. The lowest BCUT2D eigenvalue weighted by Crippen LogP contribution is -2.38. The molecular weight excluding hydrogens is 304 g/mol. The van der Waals surface area contributed by atoms with Crippen LogP contribution in [0.15, 0.2) is 28.1 Å². The second kappa shape index (κ2) is 9.83. The predicted molar refractivity (Wildman–Crippen MR) is 101 cm³/mol. The van der Waals surface area contributed by atoms with Crippen molar-refractivity contribution in [2.24, 2.45) is 4.99 Å². The van der Waals surface area contributed by atoms with Crippen molar-refractivity contribution in [1.29, 1.82) is 0 Å². The summed E-state index contributed by atoms with van der Waals surface area (Å²) in [4.78, 5) is 8.21. The van der Waals surface area contributed by atoms with E-state index in [-0.39, 0.29) is 0 Å². The van der Waals surface area contributed by atoms with Crippen LogP contribution in [0.25, 0.3) is 0 Å². The molecule has 4 nitrogen and oxygen atoms in total. The van der Waals surface area contributed by atoms with E-state index in [2.05, 4.69) is 51.9 Å². The third-order valence-electron chi connectivity index (χ3n) is 4.25. The minimum Gasteiger partial charge on any atom is -0.356 e. The van der Waals surface area contributed by atoms with Gasteiger partial charge in [0.2, 0.25) is 0 Å². The summed E-state index contributed by atoms with van der Waals surface area (Å²) in [5.74, 6) is 0.888. The van der Waals surface area contributed by atoms with E-state index in [4.69, 9.17) is 0 Å². The lowest BCUT2D eigenvalue weighted by molar-refractivity contribution is 0.334. The van der Waals surface area contributed by atoms with E-state index in [1.54, 1.807) is 11.8 Å². The molecule has 0 unspecified atom stereocenters. The van der Waals surface area contributed by atoms with Gasteiger partial charge in [-0.2, -0.15) is 0 Å². The van der Waals surface area contributed by atoms with Gasteiger partial charge in [-0.25, -0.2) is 0 Å². The highest BCUT2D eigenvalue weighted by Crippen LogP contribution is 2.21. The number of aryl methyl sites for hydroxylation is 1. The third kappa shape index (κ3) is 6.07. The first-order valence-electron chi connectivity index (χ1n) is 8.53. The summed E-state index contributed by atoms with van der Waals surface area (Å²) in [6.07, 6.45) is 6.03. The molecule has 1 saturated heterocycles. The van der Waals surface area contributed by atoms with E-state index < -0.39 is 0 Å². The molecule has 0 spiro atoms. The number of nitrogens with one attached hydrogen (secondary N) is 2. The molecule has 0 radical (unpaired) electrons. The fourth-order valence-electron chi connectivity index (χ4n) is 2.91. The smallest absolute Gasteiger partial charge is 0.191 e. The molecule has 1 aliphatic rings. The fourth-order valence-corrected chi connectivity index (χ4v) is 3.62. The Kier molecular flexibility index (Phi) is 7.76. The summed E-state index contributed by atoms with van der Waals surface area (Å²) in [6.45, 7) is 7.66. The molecule has 2 N–H and O–H groups in total. The average Bonchev–Trinajstić information content (AvgIpc) is 3.08. The van der Waals surface area contributed by atoms with Gasteiger partial charge in [-0.05, 0) is 69.3 Å². The van der Waals surface area contributed by atoms with Crippen LogP contribution < -0.4 is 10.6 Å². The molecule has 0 aliphatic carbocycles. The molecule has 0 aromatic heterocycles. The van der Waals surface area contributed by atoms with Crippen LogP contribution in [0, 0.1) is 6.92 Å². The van der Waals surface area contributed by atoms with Gasteiger partial charge >= 0.3 is 0 Å². The van der Waals surface area contributed by atoms with E-state index in [9.17, 15) is 0 Å². The van der Waals surface area contributed by atoms with Crippen molar-refractivity contribution in [2.45, 2.75) is 37.6 Å². The Bertz CT molecular complexity index is 510. The monoisotopic (exact) mass is 334 g/mol. The molecule has 2 rings (SSSR count). The van der Waals surface area contributed by atoms with Crippen molar-refractivity contribution < 1.29 is 0 Å². The van der Waals surface area contributed by atoms with Crippen LogP contribution in [0.4, 0.5) is 0 Å². The maximum atomic E-state index is 4.32. The lowest BCUT2D eigenvalue weighted by Gasteiger charge is -2.16. The summed E-state index contributed by atoms with van der Waals surface area (Å²) in [7, 11) is 1.83. The summed E-state index contributed by atoms with van der Waals surface area (Å²) >= 11 is 1.80. The van der Waals surface area contributed by atoms with Gasteiger partial charge in [0.1, 0.15) is 0 Å². The highest BCUT2D eigenvalue weighted by molar-refractivity contribution is 7.98. The van der Waals surface area contributed by atoms with Gasteiger partial charge in [-0.3, -0.25) is 4.99 Å². The molecule has 1 fully saturated rings. The second-order valence-corrected chi connectivity index (χ2v) is 6.92. The number of likely N-dealkylation sites (tertiary alicyclic amines) is 1. The van der Waals surface area contributed by atoms with Crippen LogP contribution >= 0.6 is 11.8 Å². The average molecular weight is 335 g/mol. The van der Waals surface area contributed by atoms with Crippen molar-refractivity contribution in [3.05, 3.63) is 29.3 Å². The Hall–Kier alpha value is -1.20. The fraction of sp³-hybridized carbons (Fsp3) is 0.611. The SMILES string of the molecule is CN=C(NCCCN1CCCC1)NCc1ccc(C)cc1SC. The standard InChI is InChI=1S/C18H30N4S/c1-15-7-8-16(17(13-15)23-3)14-21-18(19-2)20-9-6-12-22-10-4-5-11-22/h7-8,13H,4-6,9-12,14H2,1-3H3,(H2,19,20,21). The number of aliphatic imine (C=N–C) groups is 1. The van der Waals surface area contributed by atoms with Gasteiger partial charge in [0.25, 0.3) is 0 Å². The Balaban J connectivity index is 1.72. The van der Waals surface area contributed by atoms with Gasteiger partial charge in [0.15, 0.2) is 5.96 Å². The first kappa shape index (κ1) is 18.1. The molecule has 0 amide bonds. The zero-order valence-corrected chi connectivity index (χ0v) is 15.5. The second-order valence-electron chi connectivity index (χ2n) is 6.07. The molecular formula is C18H30N4S. The Morgan fingerprint density at radius 1 is 1.26 bits per heavy atom. The van der Waals surface area contributed by atoms with Gasteiger partial charge in [-0.15, -0.1) is 11.8 Å². The van der Waals surface area contributed by atoms with Crippen LogP contribution in [0.3, 0.4) is 0 Å². The highest BCUT2D eigenvalue weighted by atomic mass is 32.2. The third-order valence-corrected chi connectivity index (χ3v) is 5.07. The summed E-state index contributed by atoms with van der Waals surface area (Å²) in [6, 6.07) is 6.62. The number of guanidine groups is 1. The van der Waals surface area contributed by atoms with E-state index in [1.165, 1.54) is 54.9 Å². The van der Waals surface area contributed by atoms with Gasteiger partial charge in [0.05, 0.1) is 0 Å². The van der Waals surface area contributed by atoms with Gasteiger partial charge in [-0.1, -0.05) is 12.1 Å². The molecule has 0 saturated carbocycles.